The lowest BCUT2D eigenvalue weighted by molar-refractivity contribution is -0.0470. The topological polar surface area (TPSA) is 97.2 Å². The van der Waals surface area contributed by atoms with Crippen LogP contribution in [0.2, 0.25) is 0 Å². The van der Waals surface area contributed by atoms with Gasteiger partial charge in [-0.15, -0.1) is 0 Å². The molecule has 6 nitrogen and oxygen atoms in total. The van der Waals surface area contributed by atoms with Gasteiger partial charge in [0.15, 0.2) is 5.82 Å². The minimum Gasteiger partial charge on any atom is -0.396 e. The van der Waals surface area contributed by atoms with Crippen molar-refractivity contribution in [3.63, 3.8) is 0 Å². The van der Waals surface area contributed by atoms with Crippen LogP contribution < -0.4 is 5.73 Å². The Morgan fingerprint density at radius 2 is 2.00 bits per heavy atom. The van der Waals surface area contributed by atoms with Gasteiger partial charge >= 0.3 is 0 Å². The summed E-state index contributed by atoms with van der Waals surface area (Å²) in [6.07, 6.45) is 3.06. The predicted molar refractivity (Wildman–Crippen MR) is 89.0 cm³/mol. The summed E-state index contributed by atoms with van der Waals surface area (Å²) in [5.74, 6) is 1.13. The highest BCUT2D eigenvalue weighted by atomic mass is 16.3. The number of fused-ring (bicyclic) bond motifs is 3. The molecule has 2 heterocycles. The molecule has 2 aromatic heterocycles. The minimum atomic E-state index is -0.684. The fourth-order valence-electron chi connectivity index (χ4n) is 3.40. The molecule has 120 valence electrons. The molecule has 0 saturated heterocycles. The first kappa shape index (κ1) is 14.4. The molecule has 0 unspecified atom stereocenters. The van der Waals surface area contributed by atoms with Gasteiger partial charge in [-0.05, 0) is 25.3 Å². The number of benzene rings is 1. The van der Waals surface area contributed by atoms with Crippen LogP contribution >= 0.6 is 0 Å². The van der Waals surface area contributed by atoms with E-state index in [0.717, 1.165) is 41.5 Å². The van der Waals surface area contributed by atoms with Crippen molar-refractivity contribution >= 4 is 27.8 Å². The number of aromatic nitrogens is 3. The quantitative estimate of drug-likeness (QED) is 0.680. The van der Waals surface area contributed by atoms with Crippen LogP contribution in [0.15, 0.2) is 24.3 Å². The van der Waals surface area contributed by atoms with E-state index >= 15 is 0 Å². The Hall–Kier alpha value is -2.18. The number of aliphatic hydroxyl groups excluding tert-OH is 1. The number of rotatable bonds is 4. The van der Waals surface area contributed by atoms with E-state index < -0.39 is 5.60 Å². The third-order valence-electron chi connectivity index (χ3n) is 4.76. The Bertz CT molecular complexity index is 883. The Labute approximate surface area is 133 Å². The van der Waals surface area contributed by atoms with Gasteiger partial charge in [-0.2, -0.15) is 0 Å². The van der Waals surface area contributed by atoms with Crippen LogP contribution in [0.5, 0.6) is 0 Å². The van der Waals surface area contributed by atoms with E-state index in [-0.39, 0.29) is 6.61 Å². The van der Waals surface area contributed by atoms with Gasteiger partial charge in [-0.1, -0.05) is 18.2 Å². The molecule has 0 spiro atoms. The zero-order valence-electron chi connectivity index (χ0n) is 12.9. The Morgan fingerprint density at radius 1 is 1.22 bits per heavy atom. The standard InChI is InChI=1S/C17H20N4O2/c18-16-14-15(11-4-1-2-5-12(11)19-16)21(13(20-14)6-9-22)10-17(23)7-3-8-17/h1-2,4-5,22-23H,3,6-10H2,(H2,18,19). The number of nitrogen functional groups attached to an aromatic ring is 1. The van der Waals surface area contributed by atoms with E-state index in [9.17, 15) is 10.2 Å². The summed E-state index contributed by atoms with van der Waals surface area (Å²) in [6, 6.07) is 7.80. The lowest BCUT2D eigenvalue weighted by Crippen LogP contribution is -2.41. The highest BCUT2D eigenvalue weighted by Gasteiger charge is 2.36. The van der Waals surface area contributed by atoms with Gasteiger partial charge in [0, 0.05) is 11.8 Å². The summed E-state index contributed by atoms with van der Waals surface area (Å²) >= 11 is 0. The number of pyridine rings is 1. The van der Waals surface area contributed by atoms with Crippen LogP contribution in [-0.4, -0.2) is 37.0 Å². The average molecular weight is 312 g/mol. The van der Waals surface area contributed by atoms with Gasteiger partial charge in [-0.3, -0.25) is 0 Å². The molecule has 0 aliphatic heterocycles. The third-order valence-corrected chi connectivity index (χ3v) is 4.76. The molecule has 4 N–H and O–H groups in total. The summed E-state index contributed by atoms with van der Waals surface area (Å²) < 4.78 is 2.02. The Morgan fingerprint density at radius 3 is 2.70 bits per heavy atom. The molecule has 0 amide bonds. The number of aliphatic hydroxyl groups is 2. The SMILES string of the molecule is Nc1nc2ccccc2c2c1nc(CCO)n2CC1(O)CCC1. The number of hydrogen-bond acceptors (Lipinski definition) is 5. The molecule has 6 heteroatoms. The zero-order chi connectivity index (χ0) is 16.0. The lowest BCUT2D eigenvalue weighted by Gasteiger charge is -2.37. The predicted octanol–water partition coefficient (Wildman–Crippen LogP) is 1.62. The second kappa shape index (κ2) is 5.18. The molecular formula is C17H20N4O2. The summed E-state index contributed by atoms with van der Waals surface area (Å²) in [7, 11) is 0. The maximum absolute atomic E-state index is 10.6. The second-order valence-electron chi connectivity index (χ2n) is 6.38. The summed E-state index contributed by atoms with van der Waals surface area (Å²) in [5, 5.41) is 20.9. The van der Waals surface area contributed by atoms with Crippen molar-refractivity contribution in [1.29, 1.82) is 0 Å². The molecule has 0 radical (unpaired) electrons. The van der Waals surface area contributed by atoms with Gasteiger partial charge in [0.25, 0.3) is 0 Å². The summed E-state index contributed by atoms with van der Waals surface area (Å²) in [4.78, 5) is 9.02. The largest absolute Gasteiger partial charge is 0.396 e. The van der Waals surface area contributed by atoms with Crippen molar-refractivity contribution < 1.29 is 10.2 Å². The lowest BCUT2D eigenvalue weighted by atomic mass is 9.80. The first-order chi connectivity index (χ1) is 11.1. The molecule has 1 aromatic carbocycles. The van der Waals surface area contributed by atoms with E-state index in [1.807, 2.05) is 28.8 Å². The third kappa shape index (κ3) is 2.26. The Balaban J connectivity index is 2.01. The van der Waals surface area contributed by atoms with Crippen LogP contribution in [0.4, 0.5) is 5.82 Å². The van der Waals surface area contributed by atoms with Crippen LogP contribution in [0, 0.1) is 0 Å². The molecule has 23 heavy (non-hydrogen) atoms. The van der Waals surface area contributed by atoms with Crippen molar-refractivity contribution in [2.24, 2.45) is 0 Å². The van der Waals surface area contributed by atoms with Gasteiger partial charge in [0.1, 0.15) is 11.3 Å². The maximum Gasteiger partial charge on any atom is 0.152 e. The molecule has 1 aliphatic carbocycles. The summed E-state index contributed by atoms with van der Waals surface area (Å²) in [6.45, 7) is 0.485. The minimum absolute atomic E-state index is 0.00696. The molecule has 1 saturated carbocycles. The van der Waals surface area contributed by atoms with Crippen LogP contribution in [-0.2, 0) is 13.0 Å². The number of anilines is 1. The summed E-state index contributed by atoms with van der Waals surface area (Å²) in [5.41, 5.74) is 7.78. The van der Waals surface area contributed by atoms with Crippen LogP contribution in [0.25, 0.3) is 21.9 Å². The first-order valence-electron chi connectivity index (χ1n) is 7.98. The highest BCUT2D eigenvalue weighted by Crippen LogP contribution is 2.36. The molecular weight excluding hydrogens is 292 g/mol. The molecule has 0 bridgehead atoms. The Kier molecular flexibility index (Phi) is 3.25. The number of hydrogen-bond donors (Lipinski definition) is 3. The van der Waals surface area contributed by atoms with E-state index in [2.05, 4.69) is 9.97 Å². The fourth-order valence-corrected chi connectivity index (χ4v) is 3.40. The maximum atomic E-state index is 10.6. The molecule has 4 rings (SSSR count). The van der Waals surface area contributed by atoms with E-state index in [1.165, 1.54) is 0 Å². The van der Waals surface area contributed by atoms with Crippen LogP contribution in [0.3, 0.4) is 0 Å². The van der Waals surface area contributed by atoms with Crippen molar-refractivity contribution in [2.45, 2.75) is 37.8 Å². The van der Waals surface area contributed by atoms with Crippen LogP contribution in [0.1, 0.15) is 25.1 Å². The number of nitrogens with zero attached hydrogens (tertiary/aromatic N) is 3. The molecule has 1 aliphatic rings. The van der Waals surface area contributed by atoms with Crippen molar-refractivity contribution in [3.05, 3.63) is 30.1 Å². The van der Waals surface area contributed by atoms with E-state index in [0.29, 0.717) is 24.3 Å². The van der Waals surface area contributed by atoms with E-state index in [4.69, 9.17) is 5.73 Å². The van der Waals surface area contributed by atoms with Gasteiger partial charge in [0.05, 0.1) is 29.8 Å². The van der Waals surface area contributed by atoms with Crippen molar-refractivity contribution in [1.82, 2.24) is 14.5 Å². The normalized spacial score (nSPS) is 16.8. The number of nitrogens with two attached hydrogens (primary N) is 1. The zero-order valence-corrected chi connectivity index (χ0v) is 12.9. The van der Waals surface area contributed by atoms with Crippen molar-refractivity contribution in [2.75, 3.05) is 12.3 Å². The molecule has 1 fully saturated rings. The average Bonchev–Trinajstić information content (AvgIpc) is 2.86. The molecule has 3 aromatic rings. The molecule has 0 atom stereocenters. The van der Waals surface area contributed by atoms with Gasteiger partial charge in [-0.25, -0.2) is 9.97 Å². The van der Waals surface area contributed by atoms with E-state index in [1.54, 1.807) is 0 Å². The second-order valence-corrected chi connectivity index (χ2v) is 6.38. The van der Waals surface area contributed by atoms with Gasteiger partial charge < -0.3 is 20.5 Å². The van der Waals surface area contributed by atoms with Crippen molar-refractivity contribution in [3.8, 4) is 0 Å². The fraction of sp³-hybridized carbons (Fsp3) is 0.412. The monoisotopic (exact) mass is 312 g/mol. The smallest absolute Gasteiger partial charge is 0.152 e. The number of imidazole rings is 1. The first-order valence-corrected chi connectivity index (χ1v) is 7.98. The van der Waals surface area contributed by atoms with Gasteiger partial charge in [0.2, 0.25) is 0 Å². The highest BCUT2D eigenvalue weighted by molar-refractivity contribution is 6.06. The number of para-hydroxylation sites is 1.